The summed E-state index contributed by atoms with van der Waals surface area (Å²) in [5.74, 6) is -0.709. The second kappa shape index (κ2) is 6.22. The minimum atomic E-state index is -0.408. The average molecular weight is 323 g/mol. The number of nitrogens with one attached hydrogen (secondary N) is 1. The van der Waals surface area contributed by atoms with E-state index in [2.05, 4.69) is 11.9 Å². The van der Waals surface area contributed by atoms with E-state index in [0.717, 1.165) is 10.4 Å². The summed E-state index contributed by atoms with van der Waals surface area (Å²) in [5, 5.41) is 3.27. The summed E-state index contributed by atoms with van der Waals surface area (Å²) in [6, 6.07) is 0. The Hall–Kier alpha value is -1.66. The van der Waals surface area contributed by atoms with Crippen LogP contribution in [0.2, 0.25) is 0 Å². The van der Waals surface area contributed by atoms with Crippen LogP contribution in [0, 0.1) is 0 Å². The van der Waals surface area contributed by atoms with Gasteiger partial charge >= 0.3 is 5.97 Å². The van der Waals surface area contributed by atoms with Crippen molar-refractivity contribution in [1.82, 2.24) is 0 Å². The summed E-state index contributed by atoms with van der Waals surface area (Å²) >= 11 is 1.36. The van der Waals surface area contributed by atoms with Crippen LogP contribution >= 0.6 is 11.3 Å². The van der Waals surface area contributed by atoms with Crippen molar-refractivity contribution < 1.29 is 19.1 Å². The van der Waals surface area contributed by atoms with Gasteiger partial charge in [-0.15, -0.1) is 11.3 Å². The van der Waals surface area contributed by atoms with Gasteiger partial charge in [-0.25, -0.2) is 4.79 Å². The smallest absolute Gasteiger partial charge is 0.341 e. The van der Waals surface area contributed by atoms with E-state index in [9.17, 15) is 9.59 Å². The van der Waals surface area contributed by atoms with Gasteiger partial charge in [0, 0.05) is 16.9 Å². The summed E-state index contributed by atoms with van der Waals surface area (Å²) in [7, 11) is 0. The van der Waals surface area contributed by atoms with Gasteiger partial charge in [-0.2, -0.15) is 0 Å². The first-order valence-corrected chi connectivity index (χ1v) is 7.99. The molecule has 1 N–H and O–H groups in total. The van der Waals surface area contributed by atoms with Gasteiger partial charge in [-0.1, -0.05) is 6.58 Å². The number of amides is 1. The van der Waals surface area contributed by atoms with E-state index in [-0.39, 0.29) is 18.1 Å². The van der Waals surface area contributed by atoms with Crippen LogP contribution in [0.25, 0.3) is 0 Å². The van der Waals surface area contributed by atoms with Gasteiger partial charge in [0.15, 0.2) is 0 Å². The number of thiophene rings is 1. The second-order valence-corrected chi connectivity index (χ2v) is 6.99. The third-order valence-electron chi connectivity index (χ3n) is 3.38. The van der Waals surface area contributed by atoms with Gasteiger partial charge in [-0.05, 0) is 33.3 Å². The van der Waals surface area contributed by atoms with Crippen LogP contribution in [-0.2, 0) is 27.3 Å². The predicted molar refractivity (Wildman–Crippen MR) is 86.3 cm³/mol. The normalized spacial score (nSPS) is 15.8. The molecule has 22 heavy (non-hydrogen) atoms. The zero-order valence-corrected chi connectivity index (χ0v) is 14.2. The molecule has 1 aliphatic heterocycles. The van der Waals surface area contributed by atoms with Crippen molar-refractivity contribution >= 4 is 28.2 Å². The molecule has 0 saturated heterocycles. The first-order valence-electron chi connectivity index (χ1n) is 7.17. The number of hydrogen-bond acceptors (Lipinski definition) is 5. The summed E-state index contributed by atoms with van der Waals surface area (Å²) < 4.78 is 10.9. The van der Waals surface area contributed by atoms with E-state index < -0.39 is 5.97 Å². The van der Waals surface area contributed by atoms with Crippen LogP contribution in [0.5, 0.6) is 0 Å². The number of fused-ring (bicyclic) bond motifs is 1. The average Bonchev–Trinajstić information content (AvgIpc) is 2.74. The van der Waals surface area contributed by atoms with Gasteiger partial charge < -0.3 is 14.8 Å². The minimum Gasteiger partial charge on any atom is -0.462 e. The molecule has 0 bridgehead atoms. The zero-order valence-electron chi connectivity index (χ0n) is 13.4. The molecule has 0 aromatic carbocycles. The van der Waals surface area contributed by atoms with Crippen molar-refractivity contribution in [3.8, 4) is 0 Å². The fraction of sp³-hybridized carbons (Fsp3) is 0.500. The molecule has 0 aliphatic carbocycles. The first kappa shape index (κ1) is 16.7. The molecule has 0 atom stereocenters. The van der Waals surface area contributed by atoms with Crippen LogP contribution in [-0.4, -0.2) is 24.1 Å². The fourth-order valence-electron chi connectivity index (χ4n) is 2.27. The molecule has 2 rings (SSSR count). The first-order chi connectivity index (χ1) is 10.2. The molecule has 1 aromatic rings. The summed E-state index contributed by atoms with van der Waals surface area (Å²) in [6.45, 7) is 11.7. The van der Waals surface area contributed by atoms with E-state index in [0.29, 0.717) is 29.2 Å². The molecule has 0 spiro atoms. The number of hydrogen-bond donors (Lipinski definition) is 1. The van der Waals surface area contributed by atoms with E-state index in [1.54, 1.807) is 13.8 Å². The lowest BCUT2D eigenvalue weighted by Gasteiger charge is -2.30. The Kier molecular flexibility index (Phi) is 4.72. The molecule has 1 amide bonds. The van der Waals surface area contributed by atoms with E-state index in [1.165, 1.54) is 11.3 Å². The third kappa shape index (κ3) is 3.39. The summed E-state index contributed by atoms with van der Waals surface area (Å²) in [5.41, 5.74) is 1.41. The molecular weight excluding hydrogens is 302 g/mol. The van der Waals surface area contributed by atoms with Crippen molar-refractivity contribution in [3.05, 3.63) is 28.2 Å². The molecule has 0 fully saturated rings. The van der Waals surface area contributed by atoms with Gasteiger partial charge in [0.25, 0.3) is 5.91 Å². The molecule has 2 heterocycles. The highest BCUT2D eigenvalue weighted by atomic mass is 32.1. The maximum absolute atomic E-state index is 12.3. The molecule has 0 unspecified atom stereocenters. The standard InChI is InChI=1S/C16H21NO4S/c1-6-20-15(19)12-10-7-16(4,5)21-8-11(10)22-14(12)17-13(18)9(2)3/h2,6-8H2,1,3-5H3,(H,17,18). The van der Waals surface area contributed by atoms with Crippen molar-refractivity contribution in [3.63, 3.8) is 0 Å². The monoisotopic (exact) mass is 323 g/mol. The summed E-state index contributed by atoms with van der Waals surface area (Å²) in [6.07, 6.45) is 0.607. The quantitative estimate of drug-likeness (QED) is 0.682. The maximum Gasteiger partial charge on any atom is 0.341 e. The highest BCUT2D eigenvalue weighted by Crippen LogP contribution is 2.40. The number of anilines is 1. The molecule has 0 radical (unpaired) electrons. The third-order valence-corrected chi connectivity index (χ3v) is 4.50. The minimum absolute atomic E-state index is 0.289. The number of esters is 1. The number of rotatable bonds is 4. The number of ether oxygens (including phenoxy) is 2. The lowest BCUT2D eigenvalue weighted by atomic mass is 9.93. The fourth-order valence-corrected chi connectivity index (χ4v) is 3.38. The van der Waals surface area contributed by atoms with E-state index in [1.807, 2.05) is 13.8 Å². The predicted octanol–water partition coefficient (Wildman–Crippen LogP) is 3.29. The van der Waals surface area contributed by atoms with Crippen molar-refractivity contribution in [2.24, 2.45) is 0 Å². The second-order valence-electron chi connectivity index (χ2n) is 5.89. The topological polar surface area (TPSA) is 64.6 Å². The Morgan fingerprint density at radius 1 is 1.45 bits per heavy atom. The molecule has 1 aromatic heterocycles. The van der Waals surface area contributed by atoms with Crippen LogP contribution in [0.1, 0.15) is 48.5 Å². The highest BCUT2D eigenvalue weighted by molar-refractivity contribution is 7.17. The molecule has 0 saturated carbocycles. The molecule has 5 nitrogen and oxygen atoms in total. The molecule has 1 aliphatic rings. The van der Waals surface area contributed by atoms with Crippen LogP contribution < -0.4 is 5.32 Å². The van der Waals surface area contributed by atoms with Crippen molar-refractivity contribution in [2.75, 3.05) is 11.9 Å². The molecule has 120 valence electrons. The Morgan fingerprint density at radius 3 is 2.73 bits per heavy atom. The van der Waals surface area contributed by atoms with Crippen LogP contribution in [0.4, 0.5) is 5.00 Å². The molecule has 6 heteroatoms. The Morgan fingerprint density at radius 2 is 2.14 bits per heavy atom. The van der Waals surface area contributed by atoms with Crippen LogP contribution in [0.3, 0.4) is 0 Å². The SMILES string of the molecule is C=C(C)C(=O)Nc1sc2c(c1C(=O)OCC)CC(C)(C)OC2. The highest BCUT2D eigenvalue weighted by Gasteiger charge is 2.34. The van der Waals surface area contributed by atoms with Gasteiger partial charge in [0.1, 0.15) is 5.00 Å². The summed E-state index contributed by atoms with van der Waals surface area (Å²) in [4.78, 5) is 25.2. The van der Waals surface area contributed by atoms with Gasteiger partial charge in [0.05, 0.1) is 24.4 Å². The number of carbonyl (C=O) groups is 2. The zero-order chi connectivity index (χ0) is 16.5. The van der Waals surface area contributed by atoms with Crippen LogP contribution in [0.15, 0.2) is 12.2 Å². The largest absolute Gasteiger partial charge is 0.462 e. The Balaban J connectivity index is 2.45. The lowest BCUT2D eigenvalue weighted by molar-refractivity contribution is -0.112. The van der Waals surface area contributed by atoms with E-state index >= 15 is 0 Å². The van der Waals surface area contributed by atoms with Gasteiger partial charge in [-0.3, -0.25) is 4.79 Å². The molecular formula is C16H21NO4S. The lowest BCUT2D eigenvalue weighted by Crippen LogP contribution is -2.32. The maximum atomic E-state index is 12.3. The van der Waals surface area contributed by atoms with Gasteiger partial charge in [0.2, 0.25) is 0 Å². The van der Waals surface area contributed by atoms with E-state index in [4.69, 9.17) is 9.47 Å². The Labute approximate surface area is 134 Å². The Bertz CT molecular complexity index is 630. The van der Waals surface area contributed by atoms with Crippen molar-refractivity contribution in [2.45, 2.75) is 46.3 Å². The van der Waals surface area contributed by atoms with Crippen molar-refractivity contribution in [1.29, 1.82) is 0 Å². The number of carbonyl (C=O) groups excluding carboxylic acids is 2.